The third-order valence-electron chi connectivity index (χ3n) is 7.40. The van der Waals surface area contributed by atoms with Gasteiger partial charge in [0.15, 0.2) is 11.6 Å². The molecular formula is C29H37FN2O4. The second kappa shape index (κ2) is 12.7. The Bertz CT molecular complexity index is 1020. The molecule has 2 aromatic carbocycles. The quantitative estimate of drug-likeness (QED) is 0.598. The van der Waals surface area contributed by atoms with Crippen molar-refractivity contribution in [3.8, 4) is 11.5 Å². The first kappa shape index (κ1) is 26.0. The minimum atomic E-state index is -0.425. The molecule has 1 N–H and O–H groups in total. The van der Waals surface area contributed by atoms with Crippen molar-refractivity contribution in [3.05, 3.63) is 59.9 Å². The van der Waals surface area contributed by atoms with Crippen molar-refractivity contribution >= 4 is 11.8 Å². The topological polar surface area (TPSA) is 67.9 Å². The van der Waals surface area contributed by atoms with Gasteiger partial charge in [0.05, 0.1) is 18.6 Å². The maximum Gasteiger partial charge on any atom is 0.226 e. The lowest BCUT2D eigenvalue weighted by molar-refractivity contribution is -0.141. The Morgan fingerprint density at radius 2 is 1.81 bits per heavy atom. The smallest absolute Gasteiger partial charge is 0.226 e. The van der Waals surface area contributed by atoms with E-state index in [-0.39, 0.29) is 17.6 Å². The Kier molecular flexibility index (Phi) is 9.20. The van der Waals surface area contributed by atoms with Crippen molar-refractivity contribution in [2.45, 2.75) is 57.8 Å². The predicted octanol–water partition coefficient (Wildman–Crippen LogP) is 4.91. The molecule has 7 heteroatoms. The summed E-state index contributed by atoms with van der Waals surface area (Å²) in [6.45, 7) is 2.38. The van der Waals surface area contributed by atoms with Gasteiger partial charge in [-0.3, -0.25) is 9.59 Å². The van der Waals surface area contributed by atoms with Crippen LogP contribution in [0.5, 0.6) is 11.5 Å². The molecule has 2 aliphatic rings. The first-order chi connectivity index (χ1) is 17.6. The summed E-state index contributed by atoms with van der Waals surface area (Å²) in [6.07, 6.45) is 7.19. The van der Waals surface area contributed by atoms with E-state index in [0.717, 1.165) is 37.9 Å². The Morgan fingerprint density at radius 1 is 1.03 bits per heavy atom. The van der Waals surface area contributed by atoms with E-state index in [1.807, 2.05) is 23.1 Å². The molecule has 0 aromatic heterocycles. The predicted molar refractivity (Wildman–Crippen MR) is 136 cm³/mol. The van der Waals surface area contributed by atoms with Gasteiger partial charge in [0, 0.05) is 19.5 Å². The summed E-state index contributed by atoms with van der Waals surface area (Å²) in [5.41, 5.74) is 0.801. The Morgan fingerprint density at radius 3 is 2.64 bits per heavy atom. The van der Waals surface area contributed by atoms with Crippen LogP contribution in [0.4, 0.5) is 4.39 Å². The fraction of sp³-hybridized carbons (Fsp3) is 0.517. The fourth-order valence-corrected chi connectivity index (χ4v) is 5.22. The Labute approximate surface area is 213 Å². The average Bonchev–Trinajstić information content (AvgIpc) is 2.91. The molecule has 0 saturated carbocycles. The van der Waals surface area contributed by atoms with Gasteiger partial charge in [0.1, 0.15) is 12.4 Å². The number of halogens is 1. The normalized spacial score (nSPS) is 18.6. The molecule has 2 heterocycles. The van der Waals surface area contributed by atoms with E-state index in [9.17, 15) is 14.0 Å². The van der Waals surface area contributed by atoms with Crippen molar-refractivity contribution < 1.29 is 23.5 Å². The van der Waals surface area contributed by atoms with Crippen LogP contribution in [0.15, 0.2) is 48.5 Å². The molecule has 0 unspecified atom stereocenters. The maximum atomic E-state index is 13.7. The number of para-hydroxylation sites is 2. The van der Waals surface area contributed by atoms with Gasteiger partial charge < -0.3 is 19.7 Å². The number of amides is 2. The van der Waals surface area contributed by atoms with Crippen molar-refractivity contribution in [3.63, 3.8) is 0 Å². The average molecular weight is 497 g/mol. The number of hydrogen-bond acceptors (Lipinski definition) is 4. The molecule has 0 atom stereocenters. The number of carbonyl (C=O) groups excluding carboxylic acids is 2. The molecule has 4 rings (SSSR count). The van der Waals surface area contributed by atoms with Crippen molar-refractivity contribution in [2.24, 2.45) is 5.41 Å². The zero-order valence-electron chi connectivity index (χ0n) is 21.0. The highest BCUT2D eigenvalue weighted by atomic mass is 19.1. The number of rotatable bonds is 5. The van der Waals surface area contributed by atoms with Crippen molar-refractivity contribution in [2.75, 3.05) is 32.8 Å². The SMILES string of the molecule is O=C(CCCOc1ccccc1F)N1CCC2(CCCCCc3ccccc3OCCNC2=O)CC1. The van der Waals surface area contributed by atoms with Gasteiger partial charge in [-0.15, -0.1) is 0 Å². The number of fused-ring (bicyclic) bond motifs is 1. The highest BCUT2D eigenvalue weighted by Gasteiger charge is 2.41. The van der Waals surface area contributed by atoms with Gasteiger partial charge in [0.2, 0.25) is 11.8 Å². The Hall–Kier alpha value is -3.09. The van der Waals surface area contributed by atoms with Crippen molar-refractivity contribution in [1.82, 2.24) is 10.2 Å². The monoisotopic (exact) mass is 496 g/mol. The van der Waals surface area contributed by atoms with E-state index in [1.54, 1.807) is 18.2 Å². The summed E-state index contributed by atoms with van der Waals surface area (Å²) in [4.78, 5) is 27.9. The molecule has 1 spiro atoms. The Balaban J connectivity index is 1.25. The minimum Gasteiger partial charge on any atom is -0.491 e. The summed E-state index contributed by atoms with van der Waals surface area (Å²) >= 11 is 0. The van der Waals surface area contributed by atoms with Gasteiger partial charge in [-0.25, -0.2) is 4.39 Å². The number of likely N-dealkylation sites (tertiary alicyclic amines) is 1. The molecule has 0 aliphatic carbocycles. The van der Waals surface area contributed by atoms with Gasteiger partial charge in [-0.1, -0.05) is 43.2 Å². The van der Waals surface area contributed by atoms with Gasteiger partial charge >= 0.3 is 0 Å². The molecular weight excluding hydrogens is 459 g/mol. The van der Waals surface area contributed by atoms with E-state index < -0.39 is 11.2 Å². The molecule has 0 bridgehead atoms. The number of nitrogens with one attached hydrogen (secondary N) is 1. The fourth-order valence-electron chi connectivity index (χ4n) is 5.22. The molecule has 1 saturated heterocycles. The third kappa shape index (κ3) is 6.77. The van der Waals surface area contributed by atoms with Crippen LogP contribution in [0, 0.1) is 11.2 Å². The highest BCUT2D eigenvalue weighted by Crippen LogP contribution is 2.38. The second-order valence-corrected chi connectivity index (χ2v) is 9.82. The molecule has 0 radical (unpaired) electrons. The zero-order valence-corrected chi connectivity index (χ0v) is 21.0. The highest BCUT2D eigenvalue weighted by molar-refractivity contribution is 5.83. The number of carbonyl (C=O) groups is 2. The summed E-state index contributed by atoms with van der Waals surface area (Å²) in [7, 11) is 0. The van der Waals surface area contributed by atoms with Crippen LogP contribution in [0.1, 0.15) is 56.9 Å². The van der Waals surface area contributed by atoms with Gasteiger partial charge in [-0.2, -0.15) is 0 Å². The summed E-state index contributed by atoms with van der Waals surface area (Å²) in [6, 6.07) is 14.4. The molecule has 1 fully saturated rings. The summed E-state index contributed by atoms with van der Waals surface area (Å²) in [5.74, 6) is 0.879. The van der Waals surface area contributed by atoms with Crippen LogP contribution in [-0.4, -0.2) is 49.6 Å². The van der Waals surface area contributed by atoms with Crippen LogP contribution in [0.2, 0.25) is 0 Å². The number of hydrogen-bond donors (Lipinski definition) is 1. The van der Waals surface area contributed by atoms with Crippen LogP contribution in [-0.2, 0) is 16.0 Å². The lowest BCUT2D eigenvalue weighted by Crippen LogP contribution is -2.50. The van der Waals surface area contributed by atoms with Gasteiger partial charge in [0.25, 0.3) is 0 Å². The van der Waals surface area contributed by atoms with E-state index in [0.29, 0.717) is 58.5 Å². The molecule has 6 nitrogen and oxygen atoms in total. The molecule has 2 aliphatic heterocycles. The van der Waals surface area contributed by atoms with Crippen molar-refractivity contribution in [1.29, 1.82) is 0 Å². The standard InChI is InChI=1S/C29H37FN2O4/c30-24-11-4-6-13-26(24)35-21-8-14-27(33)32-19-16-29(17-20-32)15-7-1-2-9-23-10-3-5-12-25(23)36-22-18-31-28(29)34/h3-6,10-13H,1-2,7-9,14-22H2,(H,31,34). The second-order valence-electron chi connectivity index (χ2n) is 9.82. The van der Waals surface area contributed by atoms with Gasteiger partial charge in [-0.05, 0) is 62.3 Å². The maximum absolute atomic E-state index is 13.7. The molecule has 194 valence electrons. The van der Waals surface area contributed by atoms with Crippen LogP contribution in [0.3, 0.4) is 0 Å². The lowest BCUT2D eigenvalue weighted by Gasteiger charge is -2.41. The minimum absolute atomic E-state index is 0.0678. The summed E-state index contributed by atoms with van der Waals surface area (Å²) < 4.78 is 25.1. The first-order valence-electron chi connectivity index (χ1n) is 13.2. The van der Waals surface area contributed by atoms with E-state index >= 15 is 0 Å². The van der Waals surface area contributed by atoms with Crippen LogP contribution >= 0.6 is 0 Å². The zero-order chi connectivity index (χ0) is 25.2. The number of nitrogens with zero attached hydrogens (tertiary/aromatic N) is 1. The number of piperidine rings is 1. The van der Waals surface area contributed by atoms with E-state index in [2.05, 4.69) is 11.4 Å². The first-order valence-corrected chi connectivity index (χ1v) is 13.2. The number of ether oxygens (including phenoxy) is 2. The summed E-state index contributed by atoms with van der Waals surface area (Å²) in [5, 5.41) is 3.10. The molecule has 2 aromatic rings. The largest absolute Gasteiger partial charge is 0.491 e. The molecule has 36 heavy (non-hydrogen) atoms. The third-order valence-corrected chi connectivity index (χ3v) is 7.40. The lowest BCUT2D eigenvalue weighted by atomic mass is 9.73. The number of benzene rings is 2. The van der Waals surface area contributed by atoms with Crippen LogP contribution < -0.4 is 14.8 Å². The number of aryl methyl sites for hydroxylation is 1. The van der Waals surface area contributed by atoms with Crippen LogP contribution in [0.25, 0.3) is 0 Å². The molecule has 2 amide bonds. The van der Waals surface area contributed by atoms with E-state index in [1.165, 1.54) is 11.6 Å². The van der Waals surface area contributed by atoms with E-state index in [4.69, 9.17) is 9.47 Å².